The summed E-state index contributed by atoms with van der Waals surface area (Å²) in [6.07, 6.45) is 5.19. The van der Waals surface area contributed by atoms with E-state index in [-0.39, 0.29) is 5.54 Å². The fourth-order valence-electron chi connectivity index (χ4n) is 3.93. The fraction of sp³-hybridized carbons (Fsp3) is 1.00. The molecule has 2 aliphatic heterocycles. The summed E-state index contributed by atoms with van der Waals surface area (Å²) < 4.78 is 0. The van der Waals surface area contributed by atoms with E-state index < -0.39 is 0 Å². The van der Waals surface area contributed by atoms with E-state index in [9.17, 15) is 0 Å². The van der Waals surface area contributed by atoms with E-state index in [2.05, 4.69) is 37.5 Å². The minimum Gasteiger partial charge on any atom is -0.329 e. The van der Waals surface area contributed by atoms with Crippen molar-refractivity contribution in [1.29, 1.82) is 0 Å². The lowest BCUT2D eigenvalue weighted by Crippen LogP contribution is -2.62. The first kappa shape index (κ1) is 15.3. The van der Waals surface area contributed by atoms with Gasteiger partial charge in [0.25, 0.3) is 0 Å². The quantitative estimate of drug-likeness (QED) is 0.852. The van der Waals surface area contributed by atoms with Gasteiger partial charge in [0.1, 0.15) is 0 Å². The highest BCUT2D eigenvalue weighted by molar-refractivity contribution is 4.99. The van der Waals surface area contributed by atoms with Gasteiger partial charge in [0.15, 0.2) is 0 Å². The van der Waals surface area contributed by atoms with E-state index in [0.29, 0.717) is 11.5 Å². The molecule has 0 atom stereocenters. The molecule has 19 heavy (non-hydrogen) atoms. The number of nitrogens with zero attached hydrogens (tertiary/aromatic N) is 2. The smallest absolute Gasteiger partial charge is 0.0356 e. The average Bonchev–Trinajstić information content (AvgIpc) is 2.37. The maximum absolute atomic E-state index is 6.22. The molecule has 0 radical (unpaired) electrons. The van der Waals surface area contributed by atoms with Crippen molar-refractivity contribution >= 4 is 0 Å². The first-order chi connectivity index (χ1) is 8.88. The van der Waals surface area contributed by atoms with Crippen LogP contribution in [-0.2, 0) is 0 Å². The fourth-order valence-corrected chi connectivity index (χ4v) is 3.93. The van der Waals surface area contributed by atoms with E-state index in [0.717, 1.165) is 6.54 Å². The summed E-state index contributed by atoms with van der Waals surface area (Å²) in [6.45, 7) is 15.2. The van der Waals surface area contributed by atoms with E-state index in [1.54, 1.807) is 0 Å². The molecule has 0 aromatic rings. The average molecular weight is 267 g/mol. The Morgan fingerprint density at radius 2 is 1.68 bits per heavy atom. The van der Waals surface area contributed by atoms with Crippen LogP contribution in [0.25, 0.3) is 0 Å². The van der Waals surface area contributed by atoms with Crippen LogP contribution in [0.1, 0.15) is 53.4 Å². The van der Waals surface area contributed by atoms with Crippen LogP contribution < -0.4 is 5.73 Å². The van der Waals surface area contributed by atoms with Gasteiger partial charge in [-0.25, -0.2) is 0 Å². The van der Waals surface area contributed by atoms with E-state index in [1.165, 1.54) is 51.9 Å². The molecule has 0 saturated carbocycles. The third-order valence-corrected chi connectivity index (χ3v) is 5.41. The highest BCUT2D eigenvalue weighted by Crippen LogP contribution is 2.36. The van der Waals surface area contributed by atoms with Crippen LogP contribution in [0.3, 0.4) is 0 Å². The van der Waals surface area contributed by atoms with Crippen molar-refractivity contribution in [2.24, 2.45) is 11.1 Å². The Kier molecular flexibility index (Phi) is 4.59. The summed E-state index contributed by atoms with van der Waals surface area (Å²) in [7, 11) is 0. The Balaban J connectivity index is 2.03. The molecule has 112 valence electrons. The van der Waals surface area contributed by atoms with Gasteiger partial charge >= 0.3 is 0 Å². The van der Waals surface area contributed by atoms with Gasteiger partial charge in [-0.3, -0.25) is 4.90 Å². The Bertz CT molecular complexity index is 290. The summed E-state index contributed by atoms with van der Waals surface area (Å²) in [5.74, 6) is 0. The number of hydrogen-bond donors (Lipinski definition) is 1. The van der Waals surface area contributed by atoms with Crippen molar-refractivity contribution in [3.8, 4) is 0 Å². The Morgan fingerprint density at radius 3 is 2.16 bits per heavy atom. The largest absolute Gasteiger partial charge is 0.329 e. The summed E-state index contributed by atoms with van der Waals surface area (Å²) in [5.41, 5.74) is 6.97. The van der Waals surface area contributed by atoms with Gasteiger partial charge in [0.2, 0.25) is 0 Å². The van der Waals surface area contributed by atoms with Crippen LogP contribution in [0, 0.1) is 5.41 Å². The second-order valence-corrected chi connectivity index (χ2v) is 7.75. The minimum atomic E-state index is 0.281. The number of likely N-dealkylation sites (tertiary alicyclic amines) is 2. The molecule has 3 nitrogen and oxygen atoms in total. The standard InChI is InChI=1S/C16H33N3/c1-14(2)18-10-7-16(12-17,8-11-18)19-9-5-6-15(3,4)13-19/h14H,5-13,17H2,1-4H3. The van der Waals surface area contributed by atoms with Crippen molar-refractivity contribution in [1.82, 2.24) is 9.80 Å². The third kappa shape index (κ3) is 3.32. The number of rotatable bonds is 3. The molecule has 0 bridgehead atoms. The van der Waals surface area contributed by atoms with Crippen molar-refractivity contribution in [2.75, 3.05) is 32.7 Å². The highest BCUT2D eigenvalue weighted by Gasteiger charge is 2.42. The molecule has 2 heterocycles. The molecule has 0 aromatic heterocycles. The molecule has 2 N–H and O–H groups in total. The summed E-state index contributed by atoms with van der Waals surface area (Å²) >= 11 is 0. The number of nitrogens with two attached hydrogens (primary N) is 1. The Hall–Kier alpha value is -0.120. The number of piperidine rings is 2. The van der Waals surface area contributed by atoms with Crippen molar-refractivity contribution in [2.45, 2.75) is 65.0 Å². The molecule has 0 unspecified atom stereocenters. The molecule has 0 aromatic carbocycles. The zero-order valence-corrected chi connectivity index (χ0v) is 13.4. The summed E-state index contributed by atoms with van der Waals surface area (Å²) in [4.78, 5) is 5.33. The van der Waals surface area contributed by atoms with Crippen LogP contribution in [0.2, 0.25) is 0 Å². The molecule has 2 saturated heterocycles. The van der Waals surface area contributed by atoms with Crippen LogP contribution >= 0.6 is 0 Å². The zero-order chi connectivity index (χ0) is 14.1. The lowest BCUT2D eigenvalue weighted by molar-refractivity contribution is -0.0244. The number of hydrogen-bond acceptors (Lipinski definition) is 3. The highest BCUT2D eigenvalue weighted by atomic mass is 15.3. The van der Waals surface area contributed by atoms with Gasteiger partial charge in [-0.2, -0.15) is 0 Å². The lowest BCUT2D eigenvalue weighted by atomic mass is 9.78. The summed E-state index contributed by atoms with van der Waals surface area (Å²) in [6, 6.07) is 0.675. The van der Waals surface area contributed by atoms with Gasteiger partial charge in [0.05, 0.1) is 0 Å². The van der Waals surface area contributed by atoms with Crippen molar-refractivity contribution in [3.05, 3.63) is 0 Å². The van der Waals surface area contributed by atoms with Gasteiger partial charge in [-0.1, -0.05) is 13.8 Å². The van der Waals surface area contributed by atoms with Crippen molar-refractivity contribution in [3.63, 3.8) is 0 Å². The van der Waals surface area contributed by atoms with E-state index in [1.807, 2.05) is 0 Å². The molecule has 2 fully saturated rings. The zero-order valence-electron chi connectivity index (χ0n) is 13.4. The Labute approximate surface area is 119 Å². The maximum atomic E-state index is 6.22. The first-order valence-electron chi connectivity index (χ1n) is 8.08. The molecular weight excluding hydrogens is 234 g/mol. The van der Waals surface area contributed by atoms with Crippen LogP contribution in [0.4, 0.5) is 0 Å². The summed E-state index contributed by atoms with van der Waals surface area (Å²) in [5, 5.41) is 0. The van der Waals surface area contributed by atoms with Gasteiger partial charge < -0.3 is 10.6 Å². The van der Waals surface area contributed by atoms with E-state index >= 15 is 0 Å². The van der Waals surface area contributed by atoms with E-state index in [4.69, 9.17) is 5.73 Å². The molecule has 3 heteroatoms. The first-order valence-corrected chi connectivity index (χ1v) is 8.08. The Morgan fingerprint density at radius 1 is 1.05 bits per heavy atom. The molecule has 0 aliphatic carbocycles. The second-order valence-electron chi connectivity index (χ2n) is 7.75. The molecule has 2 aliphatic rings. The molecular formula is C16H33N3. The van der Waals surface area contributed by atoms with Crippen LogP contribution in [0.15, 0.2) is 0 Å². The van der Waals surface area contributed by atoms with Gasteiger partial charge in [-0.05, 0) is 51.5 Å². The predicted molar refractivity (Wildman–Crippen MR) is 82.3 cm³/mol. The predicted octanol–water partition coefficient (Wildman–Crippen LogP) is 2.31. The third-order valence-electron chi connectivity index (χ3n) is 5.41. The van der Waals surface area contributed by atoms with Crippen LogP contribution in [0.5, 0.6) is 0 Å². The lowest BCUT2D eigenvalue weighted by Gasteiger charge is -2.53. The molecule has 0 spiro atoms. The van der Waals surface area contributed by atoms with Gasteiger partial charge in [0, 0.05) is 37.8 Å². The van der Waals surface area contributed by atoms with Gasteiger partial charge in [-0.15, -0.1) is 0 Å². The maximum Gasteiger partial charge on any atom is 0.0356 e. The monoisotopic (exact) mass is 267 g/mol. The van der Waals surface area contributed by atoms with Crippen molar-refractivity contribution < 1.29 is 0 Å². The molecule has 0 amide bonds. The normalized spacial score (nSPS) is 28.7. The molecule has 2 rings (SSSR count). The topological polar surface area (TPSA) is 32.5 Å². The van der Waals surface area contributed by atoms with Crippen LogP contribution in [-0.4, -0.2) is 54.1 Å². The minimum absolute atomic E-state index is 0.281. The SMILES string of the molecule is CC(C)N1CCC(CN)(N2CCCC(C)(C)C2)CC1. The second kappa shape index (κ2) is 5.71.